The molecule has 116 valence electrons. The third-order valence-electron chi connectivity index (χ3n) is 3.01. The Balaban J connectivity index is 1.88. The molecule has 0 atom stereocenters. The summed E-state index contributed by atoms with van der Waals surface area (Å²) in [5.74, 6) is -0.00323. The van der Waals surface area contributed by atoms with Gasteiger partial charge in [0, 0.05) is 18.5 Å². The van der Waals surface area contributed by atoms with Gasteiger partial charge in [-0.3, -0.25) is 4.79 Å². The molecule has 0 spiro atoms. The van der Waals surface area contributed by atoms with Crippen molar-refractivity contribution in [1.82, 2.24) is 4.90 Å². The number of carbonyl (C=O) groups excluding carboxylic acids is 1. The first-order chi connectivity index (χ1) is 10.5. The molecule has 0 aliphatic carbocycles. The van der Waals surface area contributed by atoms with Gasteiger partial charge in [0.2, 0.25) is 5.91 Å². The Morgan fingerprint density at radius 3 is 2.45 bits per heavy atom. The summed E-state index contributed by atoms with van der Waals surface area (Å²) in [6.45, 7) is 0.458. The van der Waals surface area contributed by atoms with Crippen molar-refractivity contribution >= 4 is 40.9 Å². The number of nitrogens with zero attached hydrogens (tertiary/aromatic N) is 1. The third-order valence-corrected chi connectivity index (χ3v) is 4.74. The molecule has 0 fully saturated rings. The van der Waals surface area contributed by atoms with Crippen LogP contribution >= 0.6 is 35.0 Å². The number of halogens is 3. The smallest absolute Gasteiger partial charge is 0.232 e. The lowest BCUT2D eigenvalue weighted by Crippen LogP contribution is -2.27. The van der Waals surface area contributed by atoms with Crippen molar-refractivity contribution in [2.45, 2.75) is 11.4 Å². The van der Waals surface area contributed by atoms with Gasteiger partial charge in [-0.1, -0.05) is 29.3 Å². The van der Waals surface area contributed by atoms with Crippen LogP contribution in [0.25, 0.3) is 0 Å². The molecule has 0 N–H and O–H groups in total. The normalized spacial score (nSPS) is 10.5. The van der Waals surface area contributed by atoms with Gasteiger partial charge < -0.3 is 4.90 Å². The van der Waals surface area contributed by atoms with E-state index in [-0.39, 0.29) is 11.7 Å². The van der Waals surface area contributed by atoms with Crippen molar-refractivity contribution in [2.75, 3.05) is 12.8 Å². The molecule has 0 heterocycles. The van der Waals surface area contributed by atoms with Crippen molar-refractivity contribution in [3.8, 4) is 0 Å². The number of hydrogen-bond donors (Lipinski definition) is 0. The first kappa shape index (κ1) is 17.1. The van der Waals surface area contributed by atoms with Crippen molar-refractivity contribution < 1.29 is 9.18 Å². The van der Waals surface area contributed by atoms with Crippen LogP contribution < -0.4 is 0 Å². The first-order valence-corrected chi connectivity index (χ1v) is 8.26. The molecule has 2 nitrogen and oxygen atoms in total. The molecule has 0 saturated heterocycles. The number of thioether (sulfide) groups is 1. The SMILES string of the molecule is CN(Cc1ccc(Cl)c(Cl)c1)C(=O)CSc1ccc(F)cc1. The Labute approximate surface area is 143 Å². The van der Waals surface area contributed by atoms with Gasteiger partial charge in [0.15, 0.2) is 0 Å². The molecule has 2 aromatic carbocycles. The van der Waals surface area contributed by atoms with Crippen LogP contribution in [0.1, 0.15) is 5.56 Å². The monoisotopic (exact) mass is 357 g/mol. The van der Waals surface area contributed by atoms with E-state index in [0.717, 1.165) is 10.5 Å². The predicted octanol–water partition coefficient (Wildman–Crippen LogP) is 4.88. The Morgan fingerprint density at radius 1 is 1.14 bits per heavy atom. The quantitative estimate of drug-likeness (QED) is 0.710. The second-order valence-electron chi connectivity index (χ2n) is 4.74. The van der Waals surface area contributed by atoms with Crippen LogP contribution in [0.15, 0.2) is 47.4 Å². The van der Waals surface area contributed by atoms with Crippen LogP contribution in [0.5, 0.6) is 0 Å². The molecule has 2 aromatic rings. The molecule has 0 aliphatic heterocycles. The fourth-order valence-electron chi connectivity index (χ4n) is 1.79. The van der Waals surface area contributed by atoms with Crippen molar-refractivity contribution in [1.29, 1.82) is 0 Å². The Hall–Kier alpha value is -1.23. The zero-order chi connectivity index (χ0) is 16.1. The number of carbonyl (C=O) groups is 1. The lowest BCUT2D eigenvalue weighted by atomic mass is 10.2. The Morgan fingerprint density at radius 2 is 1.82 bits per heavy atom. The summed E-state index contributed by atoms with van der Waals surface area (Å²) in [6, 6.07) is 11.4. The molecule has 0 bridgehead atoms. The molecule has 0 saturated carbocycles. The van der Waals surface area contributed by atoms with E-state index in [1.165, 1.54) is 23.9 Å². The molecule has 2 rings (SSSR count). The van der Waals surface area contributed by atoms with Crippen molar-refractivity contribution in [3.05, 3.63) is 63.9 Å². The van der Waals surface area contributed by atoms with E-state index in [2.05, 4.69) is 0 Å². The molecular formula is C16H14Cl2FNOS. The van der Waals surface area contributed by atoms with Crippen LogP contribution in [0.4, 0.5) is 4.39 Å². The van der Waals surface area contributed by atoms with Gasteiger partial charge in [-0.05, 0) is 42.0 Å². The van der Waals surface area contributed by atoms with E-state index in [9.17, 15) is 9.18 Å². The lowest BCUT2D eigenvalue weighted by Gasteiger charge is -2.17. The van der Waals surface area contributed by atoms with Crippen molar-refractivity contribution in [3.63, 3.8) is 0 Å². The molecule has 0 aromatic heterocycles. The van der Waals surface area contributed by atoms with E-state index in [1.54, 1.807) is 36.2 Å². The minimum atomic E-state index is -0.285. The zero-order valence-corrected chi connectivity index (χ0v) is 14.2. The molecule has 22 heavy (non-hydrogen) atoms. The average Bonchev–Trinajstić information content (AvgIpc) is 2.50. The van der Waals surface area contributed by atoms with Crippen LogP contribution in [0, 0.1) is 5.82 Å². The van der Waals surface area contributed by atoms with Gasteiger partial charge >= 0.3 is 0 Å². The van der Waals surface area contributed by atoms with Gasteiger partial charge in [-0.15, -0.1) is 11.8 Å². The molecule has 6 heteroatoms. The summed E-state index contributed by atoms with van der Waals surface area (Å²) in [5, 5.41) is 0.965. The van der Waals surface area contributed by atoms with Crippen LogP contribution in [-0.2, 0) is 11.3 Å². The van der Waals surface area contributed by atoms with Gasteiger partial charge in [-0.2, -0.15) is 0 Å². The summed E-state index contributed by atoms with van der Waals surface area (Å²) in [4.78, 5) is 14.6. The fourth-order valence-corrected chi connectivity index (χ4v) is 2.95. The second-order valence-corrected chi connectivity index (χ2v) is 6.60. The first-order valence-electron chi connectivity index (χ1n) is 6.52. The van der Waals surface area contributed by atoms with Crippen molar-refractivity contribution in [2.24, 2.45) is 0 Å². The number of benzene rings is 2. The van der Waals surface area contributed by atoms with E-state index in [1.807, 2.05) is 6.07 Å². The predicted molar refractivity (Wildman–Crippen MR) is 90.1 cm³/mol. The Kier molecular flexibility index (Phi) is 6.12. The maximum absolute atomic E-state index is 12.8. The second kappa shape index (κ2) is 7.86. The summed E-state index contributed by atoms with van der Waals surface area (Å²) < 4.78 is 12.8. The highest BCUT2D eigenvalue weighted by Crippen LogP contribution is 2.23. The Bertz CT molecular complexity index is 664. The third kappa shape index (κ3) is 4.90. The highest BCUT2D eigenvalue weighted by atomic mass is 35.5. The van der Waals surface area contributed by atoms with Gasteiger partial charge in [0.25, 0.3) is 0 Å². The molecule has 1 amide bonds. The summed E-state index contributed by atoms with van der Waals surface area (Å²) in [5.41, 5.74) is 0.914. The summed E-state index contributed by atoms with van der Waals surface area (Å²) >= 11 is 13.2. The van der Waals surface area contributed by atoms with Gasteiger partial charge in [-0.25, -0.2) is 4.39 Å². The van der Waals surface area contributed by atoms with Gasteiger partial charge in [0.05, 0.1) is 15.8 Å². The minimum Gasteiger partial charge on any atom is -0.341 e. The number of amides is 1. The van der Waals surface area contributed by atoms with Crippen LogP contribution in [0.3, 0.4) is 0 Å². The topological polar surface area (TPSA) is 20.3 Å². The maximum Gasteiger partial charge on any atom is 0.232 e. The molecular weight excluding hydrogens is 344 g/mol. The molecule has 0 radical (unpaired) electrons. The highest BCUT2D eigenvalue weighted by molar-refractivity contribution is 8.00. The van der Waals surface area contributed by atoms with E-state index in [4.69, 9.17) is 23.2 Å². The highest BCUT2D eigenvalue weighted by Gasteiger charge is 2.11. The molecule has 0 unspecified atom stereocenters. The molecule has 0 aliphatic rings. The zero-order valence-electron chi connectivity index (χ0n) is 11.9. The average molecular weight is 358 g/mol. The number of hydrogen-bond acceptors (Lipinski definition) is 2. The summed E-state index contributed by atoms with van der Waals surface area (Å²) in [7, 11) is 1.73. The van der Waals surface area contributed by atoms with Gasteiger partial charge in [0.1, 0.15) is 5.82 Å². The number of rotatable bonds is 5. The van der Waals surface area contributed by atoms with Crippen LogP contribution in [0.2, 0.25) is 10.0 Å². The van der Waals surface area contributed by atoms with E-state index >= 15 is 0 Å². The van der Waals surface area contributed by atoms with E-state index < -0.39 is 0 Å². The van der Waals surface area contributed by atoms with Crippen LogP contribution in [-0.4, -0.2) is 23.6 Å². The largest absolute Gasteiger partial charge is 0.341 e. The maximum atomic E-state index is 12.8. The van der Waals surface area contributed by atoms with E-state index in [0.29, 0.717) is 22.3 Å². The standard InChI is InChI=1S/C16H14Cl2FNOS/c1-20(9-11-2-7-14(17)15(18)8-11)16(21)10-22-13-5-3-12(19)4-6-13/h2-8H,9-10H2,1H3. The summed E-state index contributed by atoms with van der Waals surface area (Å²) in [6.07, 6.45) is 0. The minimum absolute atomic E-state index is 0.0135. The fraction of sp³-hybridized carbons (Fsp3) is 0.188. The lowest BCUT2D eigenvalue weighted by molar-refractivity contribution is -0.127.